The van der Waals surface area contributed by atoms with E-state index in [0.717, 1.165) is 12.0 Å². The molecule has 0 bridgehead atoms. The topological polar surface area (TPSA) is 58.2 Å². The Morgan fingerprint density at radius 3 is 2.35 bits per heavy atom. The number of hydrogen-bond donors (Lipinski definition) is 2. The minimum atomic E-state index is -0.190. The molecule has 0 saturated heterocycles. The molecule has 120 valence electrons. The normalized spacial score (nSPS) is 11.6. The molecule has 0 radical (unpaired) electrons. The molecule has 2 amide bonds. The van der Waals surface area contributed by atoms with Crippen molar-refractivity contribution < 1.29 is 9.59 Å². The quantitative estimate of drug-likeness (QED) is 0.883. The van der Waals surface area contributed by atoms with Gasteiger partial charge in [-0.05, 0) is 50.6 Å². The van der Waals surface area contributed by atoms with Crippen molar-refractivity contribution in [2.45, 2.75) is 33.2 Å². The maximum absolute atomic E-state index is 12.2. The van der Waals surface area contributed by atoms with Crippen LogP contribution in [-0.2, 0) is 0 Å². The predicted molar refractivity (Wildman–Crippen MR) is 92.8 cm³/mol. The highest BCUT2D eigenvalue weighted by molar-refractivity contribution is 6.05. The minimum absolute atomic E-state index is 0.119. The minimum Gasteiger partial charge on any atom is -0.350 e. The largest absolute Gasteiger partial charge is 0.350 e. The van der Waals surface area contributed by atoms with Gasteiger partial charge < -0.3 is 10.6 Å². The Morgan fingerprint density at radius 2 is 1.70 bits per heavy atom. The van der Waals surface area contributed by atoms with E-state index in [1.54, 1.807) is 36.4 Å². The lowest BCUT2D eigenvalue weighted by Crippen LogP contribution is -2.31. The van der Waals surface area contributed by atoms with E-state index in [9.17, 15) is 9.59 Å². The zero-order valence-corrected chi connectivity index (χ0v) is 13.7. The van der Waals surface area contributed by atoms with Crippen molar-refractivity contribution in [3.05, 3.63) is 65.2 Å². The first-order chi connectivity index (χ1) is 11.0. The third-order valence-corrected chi connectivity index (χ3v) is 3.69. The van der Waals surface area contributed by atoms with Gasteiger partial charge in [0.2, 0.25) is 0 Å². The van der Waals surface area contributed by atoms with Gasteiger partial charge in [-0.3, -0.25) is 9.59 Å². The molecule has 4 nitrogen and oxygen atoms in total. The van der Waals surface area contributed by atoms with Gasteiger partial charge in [0.25, 0.3) is 11.8 Å². The van der Waals surface area contributed by atoms with Gasteiger partial charge in [0.15, 0.2) is 0 Å². The van der Waals surface area contributed by atoms with Gasteiger partial charge in [-0.25, -0.2) is 0 Å². The first kappa shape index (κ1) is 16.7. The Bertz CT molecular complexity index is 693. The number of carbonyl (C=O) groups is 2. The van der Waals surface area contributed by atoms with Crippen LogP contribution in [0, 0.1) is 6.92 Å². The van der Waals surface area contributed by atoms with Gasteiger partial charge >= 0.3 is 0 Å². The van der Waals surface area contributed by atoms with Gasteiger partial charge in [-0.2, -0.15) is 0 Å². The molecule has 2 rings (SSSR count). The summed E-state index contributed by atoms with van der Waals surface area (Å²) < 4.78 is 0. The molecule has 1 atom stereocenters. The van der Waals surface area contributed by atoms with Crippen molar-refractivity contribution in [1.29, 1.82) is 0 Å². The van der Waals surface area contributed by atoms with Crippen LogP contribution in [0.3, 0.4) is 0 Å². The average molecular weight is 310 g/mol. The fourth-order valence-electron chi connectivity index (χ4n) is 2.06. The molecule has 0 aliphatic carbocycles. The van der Waals surface area contributed by atoms with Crippen LogP contribution in [-0.4, -0.2) is 17.9 Å². The summed E-state index contributed by atoms with van der Waals surface area (Å²) in [7, 11) is 0. The second-order valence-electron chi connectivity index (χ2n) is 5.68. The van der Waals surface area contributed by atoms with Crippen molar-refractivity contribution in [2.75, 3.05) is 5.32 Å². The number of amides is 2. The Hall–Kier alpha value is -2.62. The molecule has 2 aromatic carbocycles. The van der Waals surface area contributed by atoms with Crippen molar-refractivity contribution in [2.24, 2.45) is 0 Å². The molecule has 2 aromatic rings. The SMILES string of the molecule is CCC(C)NC(=O)c1cccc(NC(=O)c2ccc(C)cc2)c1. The van der Waals surface area contributed by atoms with Crippen molar-refractivity contribution >= 4 is 17.5 Å². The number of anilines is 1. The number of nitrogens with one attached hydrogen (secondary N) is 2. The Kier molecular flexibility index (Phi) is 5.52. The number of carbonyl (C=O) groups excluding carboxylic acids is 2. The van der Waals surface area contributed by atoms with Gasteiger partial charge in [0.05, 0.1) is 0 Å². The van der Waals surface area contributed by atoms with Crippen molar-refractivity contribution in [1.82, 2.24) is 5.32 Å². The number of benzene rings is 2. The highest BCUT2D eigenvalue weighted by Crippen LogP contribution is 2.13. The summed E-state index contributed by atoms with van der Waals surface area (Å²) in [4.78, 5) is 24.4. The maximum atomic E-state index is 12.2. The average Bonchev–Trinajstić information content (AvgIpc) is 2.55. The van der Waals surface area contributed by atoms with Gasteiger partial charge in [-0.15, -0.1) is 0 Å². The van der Waals surface area contributed by atoms with E-state index < -0.39 is 0 Å². The smallest absolute Gasteiger partial charge is 0.255 e. The monoisotopic (exact) mass is 310 g/mol. The summed E-state index contributed by atoms with van der Waals surface area (Å²) >= 11 is 0. The van der Waals surface area contributed by atoms with Crippen LogP contribution in [0.15, 0.2) is 48.5 Å². The van der Waals surface area contributed by atoms with Gasteiger partial charge in [-0.1, -0.05) is 30.7 Å². The van der Waals surface area contributed by atoms with E-state index in [0.29, 0.717) is 16.8 Å². The molecular weight excluding hydrogens is 288 g/mol. The molecule has 1 unspecified atom stereocenters. The molecule has 0 aromatic heterocycles. The van der Waals surface area contributed by atoms with Crippen LogP contribution in [0.25, 0.3) is 0 Å². The lowest BCUT2D eigenvalue weighted by atomic mass is 10.1. The summed E-state index contributed by atoms with van der Waals surface area (Å²) in [6.07, 6.45) is 0.871. The van der Waals surface area contributed by atoms with Crippen LogP contribution in [0.4, 0.5) is 5.69 Å². The standard InChI is InChI=1S/C19H22N2O2/c1-4-14(3)20-19(23)16-6-5-7-17(12-16)21-18(22)15-10-8-13(2)9-11-15/h5-12,14H,4H2,1-3H3,(H,20,23)(H,21,22). The van der Waals surface area contributed by atoms with E-state index >= 15 is 0 Å². The molecular formula is C19H22N2O2. The second kappa shape index (κ2) is 7.58. The van der Waals surface area contributed by atoms with E-state index in [1.807, 2.05) is 32.9 Å². The molecule has 0 aliphatic rings. The summed E-state index contributed by atoms with van der Waals surface area (Å²) in [5, 5.41) is 5.73. The van der Waals surface area contributed by atoms with Crippen LogP contribution in [0.5, 0.6) is 0 Å². The van der Waals surface area contributed by atoms with Crippen molar-refractivity contribution in [3.8, 4) is 0 Å². The predicted octanol–water partition coefficient (Wildman–Crippen LogP) is 3.78. The lowest BCUT2D eigenvalue weighted by molar-refractivity contribution is 0.0938. The molecule has 23 heavy (non-hydrogen) atoms. The molecule has 0 fully saturated rings. The molecule has 0 heterocycles. The molecule has 2 N–H and O–H groups in total. The fraction of sp³-hybridized carbons (Fsp3) is 0.263. The van der Waals surface area contributed by atoms with Gasteiger partial charge in [0.1, 0.15) is 0 Å². The van der Waals surface area contributed by atoms with Crippen LogP contribution < -0.4 is 10.6 Å². The van der Waals surface area contributed by atoms with Crippen LogP contribution in [0.2, 0.25) is 0 Å². The molecule has 0 saturated carbocycles. The highest BCUT2D eigenvalue weighted by atomic mass is 16.2. The summed E-state index contributed by atoms with van der Waals surface area (Å²) in [5.41, 5.74) is 2.83. The first-order valence-electron chi connectivity index (χ1n) is 7.78. The van der Waals surface area contributed by atoms with Crippen LogP contribution >= 0.6 is 0 Å². The summed E-state index contributed by atoms with van der Waals surface area (Å²) in [6, 6.07) is 14.4. The Balaban J connectivity index is 2.09. The number of aryl methyl sites for hydroxylation is 1. The summed E-state index contributed by atoms with van der Waals surface area (Å²) in [5.74, 6) is -0.324. The zero-order chi connectivity index (χ0) is 16.8. The number of rotatable bonds is 5. The number of hydrogen-bond acceptors (Lipinski definition) is 2. The third kappa shape index (κ3) is 4.68. The lowest BCUT2D eigenvalue weighted by Gasteiger charge is -2.12. The van der Waals surface area contributed by atoms with Crippen LogP contribution in [0.1, 0.15) is 46.5 Å². The van der Waals surface area contributed by atoms with E-state index in [4.69, 9.17) is 0 Å². The van der Waals surface area contributed by atoms with Crippen molar-refractivity contribution in [3.63, 3.8) is 0 Å². The van der Waals surface area contributed by atoms with E-state index in [-0.39, 0.29) is 17.9 Å². The second-order valence-corrected chi connectivity index (χ2v) is 5.68. The van der Waals surface area contributed by atoms with Gasteiger partial charge in [0, 0.05) is 22.9 Å². The summed E-state index contributed by atoms with van der Waals surface area (Å²) in [6.45, 7) is 5.95. The Morgan fingerprint density at radius 1 is 1.00 bits per heavy atom. The maximum Gasteiger partial charge on any atom is 0.255 e. The fourth-order valence-corrected chi connectivity index (χ4v) is 2.06. The molecule has 0 aliphatic heterocycles. The Labute approximate surface area is 136 Å². The third-order valence-electron chi connectivity index (χ3n) is 3.69. The zero-order valence-electron chi connectivity index (χ0n) is 13.7. The molecule has 0 spiro atoms. The van der Waals surface area contributed by atoms with E-state index in [1.165, 1.54) is 0 Å². The van der Waals surface area contributed by atoms with E-state index in [2.05, 4.69) is 10.6 Å². The highest BCUT2D eigenvalue weighted by Gasteiger charge is 2.10. The molecule has 4 heteroatoms. The first-order valence-corrected chi connectivity index (χ1v) is 7.78.